The van der Waals surface area contributed by atoms with Crippen LogP contribution in [0.3, 0.4) is 0 Å². The quantitative estimate of drug-likeness (QED) is 0.0342. The molecule has 366 valence electrons. The second-order valence-electron chi connectivity index (χ2n) is 16.7. The van der Waals surface area contributed by atoms with E-state index in [0.29, 0.717) is 64.5 Å². The normalized spacial score (nSPS) is 13.5. The number of nitrogens with one attached hydrogen (secondary N) is 6. The maximum atomic E-state index is 14.6. The Morgan fingerprint density at radius 3 is 2.07 bits per heavy atom. The average molecular weight is 938 g/mol. The molecule has 9 N–H and O–H groups in total. The molecule has 1 heterocycles. The number of amides is 6. The van der Waals surface area contributed by atoms with E-state index in [1.165, 1.54) is 0 Å². The summed E-state index contributed by atoms with van der Waals surface area (Å²) in [5.74, 6) is -4.25. The number of phenolic OH excluding ortho intramolecular Hbond substituents is 1. The maximum Gasteiger partial charge on any atom is 0.407 e. The Balaban J connectivity index is 1.38. The standard InChI is InChI=1S/C47H65F2N9O9/c1-5-40(60)51-19-20-53-45(63)57-44(50)52-18-8-13-39(42(61)55-28-36-37(48)26-35(59)27-38(36)49)56-43(62)41(58-29-33-11-6-7-12-34(33)30-58)32-16-14-31(15-17-32)10-9-22-65-24-25-66-23-21-54-46(64)67-47(2,3)4/h6-7,11-12,14-17,26-27,39,41,59H,5,8-10,13,18-25,28-30H2,1-4H3,(H,51,60)(H,54,64)(H,55,61)(H,56,62)(H4,50,52,53,57,63)/t39-,41-/m1/s1. The molecule has 0 aromatic heterocycles. The van der Waals surface area contributed by atoms with Gasteiger partial charge < -0.3 is 57.0 Å². The second-order valence-corrected chi connectivity index (χ2v) is 16.7. The Bertz CT molecular complexity index is 2090. The molecule has 1 aliphatic rings. The van der Waals surface area contributed by atoms with E-state index in [-0.39, 0.29) is 44.3 Å². The Morgan fingerprint density at radius 1 is 0.791 bits per heavy atom. The van der Waals surface area contributed by atoms with Crippen LogP contribution in [0.25, 0.3) is 0 Å². The van der Waals surface area contributed by atoms with Crippen LogP contribution in [0.4, 0.5) is 18.4 Å². The first-order chi connectivity index (χ1) is 32.0. The number of nitrogens with zero attached hydrogens (tertiary/aromatic N) is 2. The molecule has 0 unspecified atom stereocenters. The van der Waals surface area contributed by atoms with Crippen molar-refractivity contribution in [1.82, 2.24) is 36.8 Å². The number of aliphatic imine (C=N–C) groups is 1. The number of guanidine groups is 1. The van der Waals surface area contributed by atoms with Crippen molar-refractivity contribution in [2.75, 3.05) is 52.6 Å². The lowest BCUT2D eigenvalue weighted by Gasteiger charge is -2.29. The monoisotopic (exact) mass is 937 g/mol. The first-order valence-corrected chi connectivity index (χ1v) is 22.4. The van der Waals surface area contributed by atoms with Crippen molar-refractivity contribution in [2.24, 2.45) is 10.7 Å². The Hall–Kier alpha value is -6.38. The van der Waals surface area contributed by atoms with Gasteiger partial charge in [0.2, 0.25) is 17.7 Å². The zero-order valence-electron chi connectivity index (χ0n) is 38.7. The summed E-state index contributed by atoms with van der Waals surface area (Å²) in [7, 11) is 0. The molecule has 20 heteroatoms. The molecule has 67 heavy (non-hydrogen) atoms. The highest BCUT2D eigenvalue weighted by molar-refractivity contribution is 5.92. The molecular weight excluding hydrogens is 873 g/mol. The van der Waals surface area contributed by atoms with Crippen LogP contribution >= 0.6 is 0 Å². The van der Waals surface area contributed by atoms with Crippen molar-refractivity contribution in [2.45, 2.75) is 97.1 Å². The number of alkyl carbamates (subject to hydrolysis) is 1. The summed E-state index contributed by atoms with van der Waals surface area (Å²) < 4.78 is 45.7. The van der Waals surface area contributed by atoms with Crippen LogP contribution in [0.5, 0.6) is 5.75 Å². The van der Waals surface area contributed by atoms with E-state index in [1.54, 1.807) is 27.7 Å². The molecule has 3 aromatic carbocycles. The van der Waals surface area contributed by atoms with Crippen LogP contribution in [0.2, 0.25) is 0 Å². The van der Waals surface area contributed by atoms with Gasteiger partial charge in [-0.1, -0.05) is 55.5 Å². The topological polar surface area (TPSA) is 247 Å². The lowest BCUT2D eigenvalue weighted by atomic mass is 10.00. The summed E-state index contributed by atoms with van der Waals surface area (Å²) in [6.45, 7) is 9.86. The van der Waals surface area contributed by atoms with Crippen molar-refractivity contribution in [3.05, 3.63) is 100 Å². The minimum absolute atomic E-state index is 0.0487. The van der Waals surface area contributed by atoms with E-state index >= 15 is 0 Å². The molecule has 18 nitrogen and oxygen atoms in total. The van der Waals surface area contributed by atoms with Gasteiger partial charge in [0.1, 0.15) is 35.1 Å². The predicted molar refractivity (Wildman–Crippen MR) is 246 cm³/mol. The molecule has 0 aliphatic carbocycles. The molecule has 6 amide bonds. The number of aromatic hydroxyl groups is 1. The van der Waals surface area contributed by atoms with Crippen molar-refractivity contribution in [3.8, 4) is 5.75 Å². The van der Waals surface area contributed by atoms with Gasteiger partial charge in [-0.15, -0.1) is 0 Å². The van der Waals surface area contributed by atoms with E-state index in [4.69, 9.17) is 19.9 Å². The van der Waals surface area contributed by atoms with Crippen LogP contribution in [-0.4, -0.2) is 110 Å². The maximum absolute atomic E-state index is 14.6. The molecule has 0 fully saturated rings. The number of fused-ring (bicyclic) bond motifs is 1. The highest BCUT2D eigenvalue weighted by Gasteiger charge is 2.34. The summed E-state index contributed by atoms with van der Waals surface area (Å²) in [5, 5.41) is 25.6. The van der Waals surface area contributed by atoms with E-state index < -0.39 is 71.1 Å². The van der Waals surface area contributed by atoms with Crippen molar-refractivity contribution >= 4 is 35.8 Å². The number of hydrogen-bond donors (Lipinski definition) is 8. The molecule has 2 atom stereocenters. The van der Waals surface area contributed by atoms with Gasteiger partial charge in [0, 0.05) is 76.5 Å². The number of carbonyl (C=O) groups excluding carboxylic acids is 5. The van der Waals surface area contributed by atoms with Gasteiger partial charge in [-0.3, -0.25) is 19.3 Å². The number of hydrogen-bond acceptors (Lipinski definition) is 10. The molecule has 1 aliphatic heterocycles. The molecule has 4 rings (SSSR count). The molecule has 0 spiro atoms. The van der Waals surface area contributed by atoms with Gasteiger partial charge in [0.05, 0.1) is 19.8 Å². The Morgan fingerprint density at radius 2 is 1.43 bits per heavy atom. The molecule has 0 saturated carbocycles. The zero-order valence-corrected chi connectivity index (χ0v) is 38.7. The van der Waals surface area contributed by atoms with E-state index in [9.17, 15) is 37.9 Å². The largest absolute Gasteiger partial charge is 0.508 e. The van der Waals surface area contributed by atoms with Crippen LogP contribution in [0, 0.1) is 11.6 Å². The fourth-order valence-electron chi connectivity index (χ4n) is 6.96. The average Bonchev–Trinajstić information content (AvgIpc) is 3.70. The van der Waals surface area contributed by atoms with Gasteiger partial charge in [0.25, 0.3) is 0 Å². The lowest BCUT2D eigenvalue weighted by molar-refractivity contribution is -0.132. The third-order valence-corrected chi connectivity index (χ3v) is 10.3. The molecular formula is C47H65F2N9O9. The van der Waals surface area contributed by atoms with Gasteiger partial charge in [-0.2, -0.15) is 4.99 Å². The predicted octanol–water partition coefficient (Wildman–Crippen LogP) is 3.94. The SMILES string of the molecule is CCC(=O)NCCNC(=O)/N=C(/N)NCCC[C@@H](NC(=O)[C@@H](c1ccc(CCCOCCOCCNC(=O)OC(C)(C)C)cc1)N1Cc2ccccc2C1)C(=O)NCc1c(F)cc(O)cc1F. The van der Waals surface area contributed by atoms with Gasteiger partial charge in [-0.25, -0.2) is 18.4 Å². The Labute approximate surface area is 390 Å². The molecule has 0 radical (unpaired) electrons. The van der Waals surface area contributed by atoms with Crippen LogP contribution in [0.1, 0.15) is 87.2 Å². The summed E-state index contributed by atoms with van der Waals surface area (Å²) in [6, 6.07) is 14.3. The second kappa shape index (κ2) is 27.3. The first-order valence-electron chi connectivity index (χ1n) is 22.4. The minimum atomic E-state index is -1.18. The number of benzene rings is 3. The highest BCUT2D eigenvalue weighted by Crippen LogP contribution is 2.32. The molecule has 3 aromatic rings. The number of phenols is 1. The molecule has 0 bridgehead atoms. The minimum Gasteiger partial charge on any atom is -0.508 e. The number of ether oxygens (including phenoxy) is 3. The third-order valence-electron chi connectivity index (χ3n) is 10.3. The fraction of sp³-hybridized carbons (Fsp3) is 0.489. The van der Waals surface area contributed by atoms with Crippen molar-refractivity contribution in [1.29, 1.82) is 0 Å². The number of nitrogens with two attached hydrogens (primary N) is 1. The highest BCUT2D eigenvalue weighted by atomic mass is 19.1. The number of carbonyl (C=O) groups is 5. The number of halogens is 2. The summed E-state index contributed by atoms with van der Waals surface area (Å²) in [5.41, 5.74) is 8.70. The summed E-state index contributed by atoms with van der Waals surface area (Å²) in [4.78, 5) is 69.3. The van der Waals surface area contributed by atoms with E-state index in [0.717, 1.165) is 35.2 Å². The van der Waals surface area contributed by atoms with Crippen LogP contribution in [0.15, 0.2) is 65.7 Å². The van der Waals surface area contributed by atoms with Crippen molar-refractivity contribution < 1.29 is 52.1 Å². The third kappa shape index (κ3) is 19.2. The fourth-order valence-corrected chi connectivity index (χ4v) is 6.96. The Kier molecular flexibility index (Phi) is 21.7. The van der Waals surface area contributed by atoms with Gasteiger partial charge in [0.15, 0.2) is 5.96 Å². The van der Waals surface area contributed by atoms with Gasteiger partial charge >= 0.3 is 12.1 Å². The summed E-state index contributed by atoms with van der Waals surface area (Å²) in [6.07, 6.45) is 1.54. The number of rotatable bonds is 25. The molecule has 0 saturated heterocycles. The first kappa shape index (κ1) is 53.2. The van der Waals surface area contributed by atoms with E-state index in [2.05, 4.69) is 36.9 Å². The van der Waals surface area contributed by atoms with Crippen LogP contribution in [-0.2, 0) is 54.6 Å². The van der Waals surface area contributed by atoms with Gasteiger partial charge in [-0.05, 0) is 68.7 Å². The van der Waals surface area contributed by atoms with Crippen LogP contribution < -0.4 is 37.6 Å². The number of aryl methyl sites for hydroxylation is 1. The smallest absolute Gasteiger partial charge is 0.407 e. The lowest BCUT2D eigenvalue weighted by Crippen LogP contribution is -2.50. The summed E-state index contributed by atoms with van der Waals surface area (Å²) >= 11 is 0. The number of urea groups is 1. The van der Waals surface area contributed by atoms with Crippen molar-refractivity contribution in [3.63, 3.8) is 0 Å². The van der Waals surface area contributed by atoms with E-state index in [1.807, 2.05) is 53.4 Å². The zero-order chi connectivity index (χ0) is 48.8.